The van der Waals surface area contributed by atoms with Gasteiger partial charge in [-0.2, -0.15) is 0 Å². The zero-order valence-electron chi connectivity index (χ0n) is 11.1. The molecule has 0 unspecified atom stereocenters. The third kappa shape index (κ3) is 4.70. The highest BCUT2D eigenvalue weighted by Crippen LogP contribution is 2.17. The molecule has 0 radical (unpaired) electrons. The molecule has 6 heteroatoms. The molecule has 1 aromatic carbocycles. The van der Waals surface area contributed by atoms with Crippen molar-refractivity contribution in [2.45, 2.75) is 6.92 Å². The minimum absolute atomic E-state index is 0.192. The lowest BCUT2D eigenvalue weighted by atomic mass is 9.92. The molecular weight excluding hydrogens is 268 g/mol. The second-order valence-corrected chi connectivity index (χ2v) is 5.36. The van der Waals surface area contributed by atoms with E-state index in [9.17, 15) is 15.0 Å². The minimum atomic E-state index is -0.716. The Morgan fingerprint density at radius 2 is 1.84 bits per heavy atom. The summed E-state index contributed by atoms with van der Waals surface area (Å²) in [6, 6.07) is 6.46. The van der Waals surface area contributed by atoms with Gasteiger partial charge in [0, 0.05) is 29.7 Å². The molecule has 1 aromatic rings. The first-order chi connectivity index (χ1) is 8.90. The molecule has 0 saturated carbocycles. The van der Waals surface area contributed by atoms with E-state index in [1.807, 2.05) is 0 Å². The zero-order chi connectivity index (χ0) is 14.5. The van der Waals surface area contributed by atoms with Crippen LogP contribution in [0.15, 0.2) is 24.3 Å². The van der Waals surface area contributed by atoms with E-state index >= 15 is 0 Å². The number of carbonyl (C=O) groups excluding carboxylic acids is 1. The fourth-order valence-corrected chi connectivity index (χ4v) is 1.67. The van der Waals surface area contributed by atoms with Crippen LogP contribution in [0.5, 0.6) is 0 Å². The molecule has 1 rings (SSSR count). The van der Waals surface area contributed by atoms with E-state index in [0.717, 1.165) is 0 Å². The Bertz CT molecular complexity index is 418. The van der Waals surface area contributed by atoms with Gasteiger partial charge in [0.15, 0.2) is 0 Å². The first-order valence-corrected chi connectivity index (χ1v) is 6.27. The van der Waals surface area contributed by atoms with Gasteiger partial charge in [-0.1, -0.05) is 18.5 Å². The average molecular weight is 287 g/mol. The molecule has 19 heavy (non-hydrogen) atoms. The van der Waals surface area contributed by atoms with Crippen LogP contribution in [0.25, 0.3) is 0 Å². The smallest absolute Gasteiger partial charge is 0.321 e. The molecule has 3 N–H and O–H groups in total. The minimum Gasteiger partial charge on any atom is -0.396 e. The normalized spacial score (nSPS) is 11.2. The highest BCUT2D eigenvalue weighted by molar-refractivity contribution is 6.30. The van der Waals surface area contributed by atoms with Gasteiger partial charge in [0.25, 0.3) is 0 Å². The number of rotatable bonds is 5. The molecular formula is C13H19ClN2O3. The van der Waals surface area contributed by atoms with Crippen molar-refractivity contribution in [1.29, 1.82) is 0 Å². The summed E-state index contributed by atoms with van der Waals surface area (Å²) < 4.78 is 0. The summed E-state index contributed by atoms with van der Waals surface area (Å²) >= 11 is 5.76. The van der Waals surface area contributed by atoms with Crippen LogP contribution in [0, 0.1) is 5.41 Å². The molecule has 0 spiro atoms. The summed E-state index contributed by atoms with van der Waals surface area (Å²) in [5, 5.41) is 21.7. The number of urea groups is 1. The highest BCUT2D eigenvalue weighted by atomic mass is 35.5. The lowest BCUT2D eigenvalue weighted by molar-refractivity contribution is 0.0509. The number of benzene rings is 1. The van der Waals surface area contributed by atoms with Gasteiger partial charge in [-0.05, 0) is 24.3 Å². The van der Waals surface area contributed by atoms with Gasteiger partial charge in [-0.15, -0.1) is 0 Å². The van der Waals surface area contributed by atoms with Crippen molar-refractivity contribution in [1.82, 2.24) is 4.90 Å². The summed E-state index contributed by atoms with van der Waals surface area (Å²) in [6.07, 6.45) is 0. The first kappa shape index (κ1) is 15.8. The number of carbonyl (C=O) groups is 1. The van der Waals surface area contributed by atoms with Gasteiger partial charge in [0.05, 0.1) is 13.2 Å². The average Bonchev–Trinajstić information content (AvgIpc) is 2.41. The van der Waals surface area contributed by atoms with Crippen LogP contribution in [-0.2, 0) is 0 Å². The van der Waals surface area contributed by atoms with Gasteiger partial charge in [-0.25, -0.2) is 4.79 Å². The first-order valence-electron chi connectivity index (χ1n) is 5.89. The number of nitrogens with one attached hydrogen (secondary N) is 1. The Kier molecular flexibility index (Phi) is 5.60. The Morgan fingerprint density at radius 1 is 1.32 bits per heavy atom. The van der Waals surface area contributed by atoms with Crippen LogP contribution in [0.2, 0.25) is 5.02 Å². The molecule has 0 atom stereocenters. The molecule has 0 aliphatic heterocycles. The lowest BCUT2D eigenvalue weighted by Crippen LogP contribution is -2.43. The zero-order valence-corrected chi connectivity index (χ0v) is 11.8. The fraction of sp³-hybridized carbons (Fsp3) is 0.462. The van der Waals surface area contributed by atoms with Crippen LogP contribution in [0.3, 0.4) is 0 Å². The van der Waals surface area contributed by atoms with Crippen molar-refractivity contribution in [3.05, 3.63) is 29.3 Å². The molecule has 0 heterocycles. The van der Waals surface area contributed by atoms with Crippen molar-refractivity contribution in [2.75, 3.05) is 32.1 Å². The number of hydrogen-bond acceptors (Lipinski definition) is 3. The summed E-state index contributed by atoms with van der Waals surface area (Å²) in [4.78, 5) is 13.3. The molecule has 106 valence electrons. The summed E-state index contributed by atoms with van der Waals surface area (Å²) in [6.45, 7) is 1.57. The summed E-state index contributed by atoms with van der Waals surface area (Å²) in [7, 11) is 1.61. The van der Waals surface area contributed by atoms with Crippen LogP contribution in [0.4, 0.5) is 10.5 Å². The SMILES string of the molecule is CN(CC(C)(CO)CO)C(=O)Nc1ccc(Cl)cc1. The third-order valence-corrected chi connectivity index (χ3v) is 3.08. The van der Waals surface area contributed by atoms with E-state index < -0.39 is 5.41 Å². The van der Waals surface area contributed by atoms with E-state index in [-0.39, 0.29) is 25.8 Å². The van der Waals surface area contributed by atoms with Gasteiger partial charge < -0.3 is 20.4 Å². The second-order valence-electron chi connectivity index (χ2n) is 4.92. The van der Waals surface area contributed by atoms with Crippen molar-refractivity contribution < 1.29 is 15.0 Å². The topological polar surface area (TPSA) is 72.8 Å². The van der Waals surface area contributed by atoms with Crippen LogP contribution < -0.4 is 5.32 Å². The molecule has 0 saturated heterocycles. The number of nitrogens with zero attached hydrogens (tertiary/aromatic N) is 1. The van der Waals surface area contributed by atoms with Crippen molar-refractivity contribution >= 4 is 23.3 Å². The van der Waals surface area contributed by atoms with Crippen LogP contribution in [-0.4, -0.2) is 48.0 Å². The van der Waals surface area contributed by atoms with Crippen molar-refractivity contribution in [3.63, 3.8) is 0 Å². The van der Waals surface area contributed by atoms with E-state index in [2.05, 4.69) is 5.32 Å². The van der Waals surface area contributed by atoms with Crippen molar-refractivity contribution in [2.24, 2.45) is 5.41 Å². The molecule has 0 aliphatic rings. The van der Waals surface area contributed by atoms with Gasteiger partial charge in [0.2, 0.25) is 0 Å². The molecule has 0 aliphatic carbocycles. The Balaban J connectivity index is 2.60. The quantitative estimate of drug-likeness (QED) is 0.773. The predicted molar refractivity (Wildman–Crippen MR) is 75.4 cm³/mol. The number of aliphatic hydroxyl groups is 2. The monoisotopic (exact) mass is 286 g/mol. The molecule has 5 nitrogen and oxygen atoms in total. The second kappa shape index (κ2) is 6.75. The summed E-state index contributed by atoms with van der Waals surface area (Å²) in [5.41, 5.74) is -0.0810. The van der Waals surface area contributed by atoms with E-state index in [4.69, 9.17) is 11.6 Å². The number of halogens is 1. The Morgan fingerprint density at radius 3 is 2.32 bits per heavy atom. The maximum absolute atomic E-state index is 11.9. The largest absolute Gasteiger partial charge is 0.396 e. The number of aliphatic hydroxyl groups excluding tert-OH is 2. The fourth-order valence-electron chi connectivity index (χ4n) is 1.55. The van der Waals surface area contributed by atoms with E-state index in [1.165, 1.54) is 4.90 Å². The van der Waals surface area contributed by atoms with E-state index in [0.29, 0.717) is 10.7 Å². The van der Waals surface area contributed by atoms with Gasteiger partial charge >= 0.3 is 6.03 Å². The highest BCUT2D eigenvalue weighted by Gasteiger charge is 2.26. The molecule has 2 amide bonds. The van der Waals surface area contributed by atoms with Crippen molar-refractivity contribution in [3.8, 4) is 0 Å². The number of anilines is 1. The van der Waals surface area contributed by atoms with Gasteiger partial charge in [-0.3, -0.25) is 0 Å². The Labute approximate surface area is 117 Å². The summed E-state index contributed by atoms with van der Waals surface area (Å²) in [5.74, 6) is 0. The lowest BCUT2D eigenvalue weighted by Gasteiger charge is -2.30. The molecule has 0 aromatic heterocycles. The standard InChI is InChI=1S/C13H19ClN2O3/c1-13(8-17,9-18)7-16(2)12(19)15-11-5-3-10(14)4-6-11/h3-6,17-18H,7-9H2,1-2H3,(H,15,19). The maximum Gasteiger partial charge on any atom is 0.321 e. The predicted octanol–water partition coefficient (Wildman–Crippen LogP) is 1.79. The number of hydrogen-bond donors (Lipinski definition) is 3. The van der Waals surface area contributed by atoms with Gasteiger partial charge in [0.1, 0.15) is 0 Å². The van der Waals surface area contributed by atoms with Crippen LogP contribution in [0.1, 0.15) is 6.92 Å². The number of amides is 2. The van der Waals surface area contributed by atoms with E-state index in [1.54, 1.807) is 38.2 Å². The maximum atomic E-state index is 11.9. The molecule has 0 fully saturated rings. The van der Waals surface area contributed by atoms with Crippen LogP contribution >= 0.6 is 11.6 Å². The molecule has 0 bridgehead atoms. The Hall–Kier alpha value is -1.30. The third-order valence-electron chi connectivity index (χ3n) is 2.82.